The van der Waals surface area contributed by atoms with Crippen LogP contribution in [0.5, 0.6) is 0 Å². The summed E-state index contributed by atoms with van der Waals surface area (Å²) < 4.78 is 10.3. The molecule has 0 aliphatic heterocycles. The second-order valence-corrected chi connectivity index (χ2v) is 6.26. The summed E-state index contributed by atoms with van der Waals surface area (Å²) in [5.41, 5.74) is 1.59. The number of amides is 1. The van der Waals surface area contributed by atoms with Crippen molar-refractivity contribution in [2.75, 3.05) is 12.4 Å². The molecule has 7 heteroatoms. The molecule has 6 nitrogen and oxygen atoms in total. The molecule has 0 aliphatic rings. The zero-order valence-corrected chi connectivity index (χ0v) is 14.9. The molecule has 1 amide bonds. The number of pyridine rings is 1. The molecule has 134 valence electrons. The average molecular weight is 381 g/mol. The fourth-order valence-corrected chi connectivity index (χ4v) is 2.94. The number of methoxy groups -OCH3 is 1. The van der Waals surface area contributed by atoms with E-state index >= 15 is 0 Å². The Morgan fingerprint density at radius 1 is 1.07 bits per heavy atom. The van der Waals surface area contributed by atoms with Gasteiger partial charge in [-0.1, -0.05) is 29.8 Å². The maximum atomic E-state index is 12.6. The Morgan fingerprint density at radius 2 is 1.89 bits per heavy atom. The number of fused-ring (bicyclic) bond motifs is 2. The molecule has 4 rings (SSSR count). The Hall–Kier alpha value is -3.38. The molecule has 0 aliphatic carbocycles. The fourth-order valence-electron chi connectivity index (χ4n) is 2.77. The van der Waals surface area contributed by atoms with Crippen molar-refractivity contribution in [3.63, 3.8) is 0 Å². The molecule has 0 spiro atoms. The van der Waals surface area contributed by atoms with Crippen molar-refractivity contribution in [2.45, 2.75) is 0 Å². The summed E-state index contributed by atoms with van der Waals surface area (Å²) in [4.78, 5) is 28.8. The molecule has 0 radical (unpaired) electrons. The molecule has 0 fully saturated rings. The number of benzene rings is 2. The Morgan fingerprint density at radius 3 is 2.70 bits per heavy atom. The second-order valence-electron chi connectivity index (χ2n) is 5.82. The first-order valence-corrected chi connectivity index (χ1v) is 8.41. The first-order valence-electron chi connectivity index (χ1n) is 8.04. The fraction of sp³-hybridized carbons (Fsp3) is 0.0500. The van der Waals surface area contributed by atoms with Gasteiger partial charge < -0.3 is 14.5 Å². The normalized spacial score (nSPS) is 10.9. The van der Waals surface area contributed by atoms with E-state index in [0.29, 0.717) is 27.3 Å². The van der Waals surface area contributed by atoms with Gasteiger partial charge in [0, 0.05) is 15.8 Å². The van der Waals surface area contributed by atoms with E-state index in [1.54, 1.807) is 42.5 Å². The number of ether oxygens (including phenoxy) is 1. The first kappa shape index (κ1) is 17.1. The molecular weight excluding hydrogens is 368 g/mol. The van der Waals surface area contributed by atoms with Gasteiger partial charge in [0.2, 0.25) is 5.71 Å². The Kier molecular flexibility index (Phi) is 4.25. The predicted octanol–water partition coefficient (Wildman–Crippen LogP) is 4.67. The lowest BCUT2D eigenvalue weighted by Crippen LogP contribution is -2.14. The topological polar surface area (TPSA) is 81.4 Å². The number of rotatable bonds is 3. The summed E-state index contributed by atoms with van der Waals surface area (Å²) in [7, 11) is 1.28. The van der Waals surface area contributed by atoms with E-state index in [4.69, 9.17) is 20.8 Å². The van der Waals surface area contributed by atoms with Crippen LogP contribution in [0, 0.1) is 0 Å². The molecule has 0 saturated carbocycles. The summed E-state index contributed by atoms with van der Waals surface area (Å²) in [6, 6.07) is 15.4. The molecule has 0 unspecified atom stereocenters. The quantitative estimate of drug-likeness (QED) is 0.522. The van der Waals surface area contributed by atoms with Crippen LogP contribution in [0.1, 0.15) is 20.9 Å². The van der Waals surface area contributed by atoms with E-state index in [1.165, 1.54) is 7.11 Å². The minimum Gasteiger partial charge on any atom is -0.465 e. The SMILES string of the molecule is COC(=O)c1ccccc1NC(=O)c1cc2cc3ccc(Cl)cc3nc2o1. The van der Waals surface area contributed by atoms with Crippen LogP contribution in [0.25, 0.3) is 22.0 Å². The number of furan rings is 1. The molecule has 2 heterocycles. The minimum atomic E-state index is -0.541. The Labute approximate surface area is 158 Å². The lowest BCUT2D eigenvalue weighted by Gasteiger charge is -2.08. The van der Waals surface area contributed by atoms with Gasteiger partial charge in [0.1, 0.15) is 0 Å². The zero-order chi connectivity index (χ0) is 19.0. The van der Waals surface area contributed by atoms with Crippen LogP contribution in [-0.4, -0.2) is 24.0 Å². The molecule has 4 aromatic rings. The number of aromatic nitrogens is 1. The highest BCUT2D eigenvalue weighted by Gasteiger charge is 2.18. The van der Waals surface area contributed by atoms with Crippen LogP contribution in [0.4, 0.5) is 5.69 Å². The predicted molar refractivity (Wildman–Crippen MR) is 102 cm³/mol. The summed E-state index contributed by atoms with van der Waals surface area (Å²) in [6.45, 7) is 0. The summed E-state index contributed by atoms with van der Waals surface area (Å²) in [5, 5.41) is 4.81. The number of nitrogens with one attached hydrogen (secondary N) is 1. The molecule has 2 aromatic heterocycles. The van der Waals surface area contributed by atoms with Crippen LogP contribution >= 0.6 is 11.6 Å². The monoisotopic (exact) mass is 380 g/mol. The molecule has 2 aromatic carbocycles. The van der Waals surface area contributed by atoms with E-state index in [1.807, 2.05) is 12.1 Å². The van der Waals surface area contributed by atoms with E-state index in [-0.39, 0.29) is 11.3 Å². The van der Waals surface area contributed by atoms with Crippen molar-refractivity contribution in [1.29, 1.82) is 0 Å². The van der Waals surface area contributed by atoms with Crippen molar-refractivity contribution in [1.82, 2.24) is 4.98 Å². The number of hydrogen-bond acceptors (Lipinski definition) is 5. The van der Waals surface area contributed by atoms with Crippen LogP contribution in [0.15, 0.2) is 59.0 Å². The minimum absolute atomic E-state index is 0.0820. The van der Waals surface area contributed by atoms with Crippen molar-refractivity contribution in [3.05, 3.63) is 70.9 Å². The number of nitrogens with zero attached hydrogens (tertiary/aromatic N) is 1. The molecular formula is C20H13ClN2O4. The average Bonchev–Trinajstić information content (AvgIpc) is 3.09. The Bertz CT molecular complexity index is 1200. The van der Waals surface area contributed by atoms with E-state index in [9.17, 15) is 9.59 Å². The number of halogens is 1. The van der Waals surface area contributed by atoms with Crippen LogP contribution in [-0.2, 0) is 4.74 Å². The van der Waals surface area contributed by atoms with Crippen LogP contribution in [0.3, 0.4) is 0 Å². The van der Waals surface area contributed by atoms with Gasteiger partial charge in [-0.25, -0.2) is 9.78 Å². The highest BCUT2D eigenvalue weighted by molar-refractivity contribution is 6.31. The third-order valence-corrected chi connectivity index (χ3v) is 4.31. The Balaban J connectivity index is 1.69. The van der Waals surface area contributed by atoms with Gasteiger partial charge in [0.15, 0.2) is 5.76 Å². The largest absolute Gasteiger partial charge is 0.465 e. The van der Waals surface area contributed by atoms with Crippen LogP contribution < -0.4 is 5.32 Å². The van der Waals surface area contributed by atoms with Crippen molar-refractivity contribution in [3.8, 4) is 0 Å². The third-order valence-electron chi connectivity index (χ3n) is 4.07. The van der Waals surface area contributed by atoms with Crippen LogP contribution in [0.2, 0.25) is 5.02 Å². The van der Waals surface area contributed by atoms with Gasteiger partial charge in [-0.3, -0.25) is 4.79 Å². The number of hydrogen-bond donors (Lipinski definition) is 1. The van der Waals surface area contributed by atoms with E-state index in [0.717, 1.165) is 5.39 Å². The summed E-state index contributed by atoms with van der Waals surface area (Å²) in [5.74, 6) is -0.953. The molecule has 27 heavy (non-hydrogen) atoms. The van der Waals surface area contributed by atoms with Gasteiger partial charge in [-0.15, -0.1) is 0 Å². The highest BCUT2D eigenvalue weighted by Crippen LogP contribution is 2.26. The van der Waals surface area contributed by atoms with Gasteiger partial charge in [0.25, 0.3) is 5.91 Å². The number of carbonyl (C=O) groups is 2. The van der Waals surface area contributed by atoms with E-state index in [2.05, 4.69) is 10.3 Å². The molecule has 0 atom stereocenters. The molecule has 0 saturated heterocycles. The maximum Gasteiger partial charge on any atom is 0.339 e. The second kappa shape index (κ2) is 6.74. The van der Waals surface area contributed by atoms with Gasteiger partial charge in [-0.2, -0.15) is 0 Å². The van der Waals surface area contributed by atoms with E-state index < -0.39 is 11.9 Å². The lowest BCUT2D eigenvalue weighted by molar-refractivity contribution is 0.0602. The molecule has 0 bridgehead atoms. The number of anilines is 1. The molecule has 1 N–H and O–H groups in total. The summed E-state index contributed by atoms with van der Waals surface area (Å²) in [6.07, 6.45) is 0. The van der Waals surface area contributed by atoms with Gasteiger partial charge in [-0.05, 0) is 36.4 Å². The van der Waals surface area contributed by atoms with Crippen molar-refractivity contribution in [2.24, 2.45) is 0 Å². The number of carbonyl (C=O) groups excluding carboxylic acids is 2. The zero-order valence-electron chi connectivity index (χ0n) is 14.2. The van der Waals surface area contributed by atoms with Crippen molar-refractivity contribution < 1.29 is 18.7 Å². The smallest absolute Gasteiger partial charge is 0.339 e. The highest BCUT2D eigenvalue weighted by atomic mass is 35.5. The number of esters is 1. The van der Waals surface area contributed by atoms with Gasteiger partial charge in [0.05, 0.1) is 23.9 Å². The standard InChI is InChI=1S/C20H13ClN2O4/c1-26-20(25)14-4-2-3-5-15(14)22-18(24)17-9-12-8-11-6-7-13(21)10-16(11)23-19(12)27-17/h2-10H,1H3,(H,22,24). The number of para-hydroxylation sites is 1. The van der Waals surface area contributed by atoms with Gasteiger partial charge >= 0.3 is 5.97 Å². The maximum absolute atomic E-state index is 12.6. The first-order chi connectivity index (χ1) is 13.0. The summed E-state index contributed by atoms with van der Waals surface area (Å²) >= 11 is 6.00. The third kappa shape index (κ3) is 3.22. The lowest BCUT2D eigenvalue weighted by atomic mass is 10.1. The van der Waals surface area contributed by atoms with Crippen molar-refractivity contribution >= 4 is 51.2 Å².